The summed E-state index contributed by atoms with van der Waals surface area (Å²) in [5.41, 5.74) is 1.03. The highest BCUT2D eigenvalue weighted by Gasteiger charge is 2.44. The van der Waals surface area contributed by atoms with Crippen LogP contribution in [-0.4, -0.2) is 51.7 Å². The topological polar surface area (TPSA) is 133 Å². The Morgan fingerprint density at radius 1 is 1.11 bits per heavy atom. The molecule has 27 heavy (non-hydrogen) atoms. The molecule has 4 rings (SSSR count). The van der Waals surface area contributed by atoms with Crippen molar-refractivity contribution in [2.45, 2.75) is 37.8 Å². The lowest BCUT2D eigenvalue weighted by Crippen LogP contribution is -2.54. The Balaban J connectivity index is 1.51. The first-order chi connectivity index (χ1) is 12.8. The maximum Gasteiger partial charge on any atom is 0.306 e. The van der Waals surface area contributed by atoms with Gasteiger partial charge in [-0.25, -0.2) is 0 Å². The number of fused-ring (bicyclic) bond motifs is 1. The number of carbonyl (C=O) groups excluding carboxylic acids is 4. The molecule has 1 aromatic carbocycles. The second-order valence-electron chi connectivity index (χ2n) is 7.06. The number of hydrogen-bond acceptors (Lipinski definition) is 6. The standard InChI is InChI=1S/C18H17N3O6/c22-14-4-3-13(15(23)20-14)21-16(24)11-2-1-9(7-12(11)17(21)25)19-10-5-8(6-10)18(26)27/h1-2,7-8,10,13,19H,3-6H2,(H,26,27)(H,20,22,23)/t8-,10-,13?. The first-order valence-electron chi connectivity index (χ1n) is 8.70. The predicted molar refractivity (Wildman–Crippen MR) is 90.9 cm³/mol. The van der Waals surface area contributed by atoms with Crippen LogP contribution in [0.2, 0.25) is 0 Å². The first kappa shape index (κ1) is 17.2. The lowest BCUT2D eigenvalue weighted by atomic mass is 9.80. The van der Waals surface area contributed by atoms with Gasteiger partial charge >= 0.3 is 5.97 Å². The molecule has 3 N–H and O–H groups in total. The van der Waals surface area contributed by atoms with Crippen molar-refractivity contribution in [2.24, 2.45) is 5.92 Å². The quantitative estimate of drug-likeness (QED) is 0.651. The van der Waals surface area contributed by atoms with Gasteiger partial charge in [-0.1, -0.05) is 0 Å². The van der Waals surface area contributed by atoms with Gasteiger partial charge < -0.3 is 10.4 Å². The average molecular weight is 371 g/mol. The number of nitrogens with one attached hydrogen (secondary N) is 2. The van der Waals surface area contributed by atoms with Crippen LogP contribution < -0.4 is 10.6 Å². The van der Waals surface area contributed by atoms with Crippen molar-refractivity contribution in [1.82, 2.24) is 10.2 Å². The smallest absolute Gasteiger partial charge is 0.306 e. The molecule has 0 spiro atoms. The Morgan fingerprint density at radius 3 is 2.48 bits per heavy atom. The van der Waals surface area contributed by atoms with E-state index in [2.05, 4.69) is 10.6 Å². The lowest BCUT2D eigenvalue weighted by Gasteiger charge is -2.33. The SMILES string of the molecule is O=C1CCC(N2C(=O)c3ccc(N[C@H]4C[C@H](C(=O)O)C4)cc3C2=O)C(=O)N1. The molecule has 4 amide bonds. The van der Waals surface area contributed by atoms with Crippen LogP contribution in [0.5, 0.6) is 0 Å². The monoisotopic (exact) mass is 371 g/mol. The molecule has 0 bridgehead atoms. The van der Waals surface area contributed by atoms with Gasteiger partial charge in [0.1, 0.15) is 6.04 Å². The van der Waals surface area contributed by atoms with Gasteiger partial charge in [0.2, 0.25) is 11.8 Å². The van der Waals surface area contributed by atoms with Crippen LogP contribution in [0, 0.1) is 5.92 Å². The number of rotatable bonds is 4. The second kappa shape index (κ2) is 6.19. The number of aliphatic carboxylic acids is 1. The minimum atomic E-state index is -0.991. The molecule has 1 unspecified atom stereocenters. The highest BCUT2D eigenvalue weighted by molar-refractivity contribution is 6.23. The van der Waals surface area contributed by atoms with Gasteiger partial charge in [-0.15, -0.1) is 0 Å². The molecule has 1 atom stereocenters. The molecule has 0 radical (unpaired) electrons. The third-order valence-corrected chi connectivity index (χ3v) is 5.30. The van der Waals surface area contributed by atoms with Crippen molar-refractivity contribution in [3.05, 3.63) is 29.3 Å². The van der Waals surface area contributed by atoms with E-state index in [-0.39, 0.29) is 35.9 Å². The Kier molecular flexibility index (Phi) is 3.94. The molecule has 2 aliphatic heterocycles. The molecule has 0 aromatic heterocycles. The number of hydrogen-bond donors (Lipinski definition) is 3. The van der Waals surface area contributed by atoms with E-state index < -0.39 is 35.6 Å². The molecule has 2 fully saturated rings. The summed E-state index contributed by atoms with van der Waals surface area (Å²) < 4.78 is 0. The Labute approximate surface area is 153 Å². The van der Waals surface area contributed by atoms with Crippen molar-refractivity contribution in [3.8, 4) is 0 Å². The number of piperidine rings is 1. The Hall–Kier alpha value is -3.23. The van der Waals surface area contributed by atoms with Crippen LogP contribution in [-0.2, 0) is 14.4 Å². The van der Waals surface area contributed by atoms with E-state index in [1.54, 1.807) is 12.1 Å². The summed E-state index contributed by atoms with van der Waals surface area (Å²) in [6.07, 6.45) is 1.19. The first-order valence-corrected chi connectivity index (χ1v) is 8.70. The fourth-order valence-electron chi connectivity index (χ4n) is 3.73. The second-order valence-corrected chi connectivity index (χ2v) is 7.06. The maximum atomic E-state index is 12.7. The molecule has 9 heteroatoms. The number of carboxylic acids is 1. The summed E-state index contributed by atoms with van der Waals surface area (Å²) in [6.45, 7) is 0. The minimum Gasteiger partial charge on any atom is -0.481 e. The summed E-state index contributed by atoms with van der Waals surface area (Å²) in [5, 5.41) is 14.3. The summed E-state index contributed by atoms with van der Waals surface area (Å²) in [5.74, 6) is -3.35. The van der Waals surface area contributed by atoms with Gasteiger partial charge in [0.15, 0.2) is 0 Å². The van der Waals surface area contributed by atoms with Gasteiger partial charge in [0.05, 0.1) is 17.0 Å². The zero-order valence-electron chi connectivity index (χ0n) is 14.2. The Bertz CT molecular complexity index is 889. The molecule has 140 valence electrons. The zero-order chi connectivity index (χ0) is 19.3. The fraction of sp³-hybridized carbons (Fsp3) is 0.389. The summed E-state index contributed by atoms with van der Waals surface area (Å²) in [6, 6.07) is 3.75. The zero-order valence-corrected chi connectivity index (χ0v) is 14.2. The molecule has 1 saturated carbocycles. The number of benzene rings is 1. The number of carbonyl (C=O) groups is 5. The molecule has 3 aliphatic rings. The van der Waals surface area contributed by atoms with Crippen LogP contribution >= 0.6 is 0 Å². The van der Waals surface area contributed by atoms with E-state index in [4.69, 9.17) is 5.11 Å². The lowest BCUT2D eigenvalue weighted by molar-refractivity contribution is -0.144. The number of nitrogens with zero attached hydrogens (tertiary/aromatic N) is 1. The van der Waals surface area contributed by atoms with Gasteiger partial charge in [0, 0.05) is 18.2 Å². The fourth-order valence-corrected chi connectivity index (χ4v) is 3.73. The number of carboxylic acid groups (broad SMARTS) is 1. The largest absolute Gasteiger partial charge is 0.481 e. The van der Waals surface area contributed by atoms with Gasteiger partial charge in [-0.2, -0.15) is 0 Å². The number of anilines is 1. The van der Waals surface area contributed by atoms with Crippen LogP contribution in [0.3, 0.4) is 0 Å². The molecular formula is C18H17N3O6. The molecular weight excluding hydrogens is 354 g/mol. The summed E-state index contributed by atoms with van der Waals surface area (Å²) >= 11 is 0. The van der Waals surface area contributed by atoms with E-state index in [9.17, 15) is 24.0 Å². The highest BCUT2D eigenvalue weighted by Crippen LogP contribution is 2.33. The molecule has 1 aromatic rings. The van der Waals surface area contributed by atoms with Crippen molar-refractivity contribution in [3.63, 3.8) is 0 Å². The maximum absolute atomic E-state index is 12.7. The summed E-state index contributed by atoms with van der Waals surface area (Å²) in [4.78, 5) is 60.5. The van der Waals surface area contributed by atoms with Gasteiger partial charge in [-0.3, -0.25) is 34.2 Å². The van der Waals surface area contributed by atoms with Crippen LogP contribution in [0.4, 0.5) is 5.69 Å². The van der Waals surface area contributed by atoms with E-state index in [1.807, 2.05) is 0 Å². The summed E-state index contributed by atoms with van der Waals surface area (Å²) in [7, 11) is 0. The normalized spacial score (nSPS) is 27.1. The van der Waals surface area contributed by atoms with E-state index in [1.165, 1.54) is 6.07 Å². The van der Waals surface area contributed by atoms with Crippen LogP contribution in [0.25, 0.3) is 0 Å². The van der Waals surface area contributed by atoms with Gasteiger partial charge in [0.25, 0.3) is 11.8 Å². The van der Waals surface area contributed by atoms with Crippen molar-refractivity contribution in [1.29, 1.82) is 0 Å². The molecule has 1 saturated heterocycles. The van der Waals surface area contributed by atoms with Crippen LogP contribution in [0.15, 0.2) is 18.2 Å². The van der Waals surface area contributed by atoms with Gasteiger partial charge in [-0.05, 0) is 37.5 Å². The van der Waals surface area contributed by atoms with Crippen LogP contribution in [0.1, 0.15) is 46.4 Å². The number of imide groups is 2. The molecule has 2 heterocycles. The molecule has 1 aliphatic carbocycles. The van der Waals surface area contributed by atoms with E-state index >= 15 is 0 Å². The van der Waals surface area contributed by atoms with E-state index in [0.717, 1.165) is 4.90 Å². The minimum absolute atomic E-state index is 0.00240. The van der Waals surface area contributed by atoms with Crippen molar-refractivity contribution in [2.75, 3.05) is 5.32 Å². The third-order valence-electron chi connectivity index (χ3n) is 5.30. The molecule has 9 nitrogen and oxygen atoms in total. The highest BCUT2D eigenvalue weighted by atomic mass is 16.4. The average Bonchev–Trinajstić information content (AvgIpc) is 2.82. The van der Waals surface area contributed by atoms with Crippen molar-refractivity contribution < 1.29 is 29.1 Å². The van der Waals surface area contributed by atoms with E-state index in [0.29, 0.717) is 18.5 Å². The third kappa shape index (κ3) is 2.84. The predicted octanol–water partition coefficient (Wildman–Crippen LogP) is 0.363. The number of amides is 4. The Morgan fingerprint density at radius 2 is 1.81 bits per heavy atom. The van der Waals surface area contributed by atoms with Crippen molar-refractivity contribution >= 4 is 35.3 Å².